The van der Waals surface area contributed by atoms with Crippen LogP contribution in [0, 0.1) is 0 Å². The minimum Gasteiger partial charge on any atom is -0.495 e. The van der Waals surface area contributed by atoms with E-state index in [1.807, 2.05) is 16.8 Å². The monoisotopic (exact) mass is 368 g/mol. The van der Waals surface area contributed by atoms with Gasteiger partial charge in [-0.15, -0.1) is 0 Å². The Morgan fingerprint density at radius 1 is 1.25 bits per heavy atom. The molecular weight excluding hydrogens is 352 g/mol. The fourth-order valence-corrected chi connectivity index (χ4v) is 2.89. The van der Waals surface area contributed by atoms with Crippen molar-refractivity contribution in [1.29, 1.82) is 0 Å². The Hall–Kier alpha value is -2.09. The highest BCUT2D eigenvalue weighted by Crippen LogP contribution is 2.27. The van der Waals surface area contributed by atoms with E-state index in [0.29, 0.717) is 16.5 Å². The molecule has 1 unspecified atom stereocenters. The summed E-state index contributed by atoms with van der Waals surface area (Å²) in [7, 11) is 3.01. The Bertz CT molecular complexity index is 706. The number of halogens is 1. The lowest BCUT2D eigenvalue weighted by Crippen LogP contribution is -2.38. The molecule has 1 atom stereocenters. The van der Waals surface area contributed by atoms with Crippen LogP contribution in [0.25, 0.3) is 0 Å². The van der Waals surface area contributed by atoms with Crippen LogP contribution in [0.5, 0.6) is 5.75 Å². The first-order chi connectivity index (χ1) is 11.5. The molecule has 0 aliphatic rings. The molecule has 0 saturated heterocycles. The van der Waals surface area contributed by atoms with E-state index in [4.69, 9.17) is 21.1 Å². The molecule has 0 bridgehead atoms. The second-order valence-electron chi connectivity index (χ2n) is 4.79. The lowest BCUT2D eigenvalue weighted by molar-refractivity contribution is -0.136. The molecule has 128 valence electrons. The maximum atomic E-state index is 12.0. The van der Waals surface area contributed by atoms with Gasteiger partial charge in [0.15, 0.2) is 0 Å². The van der Waals surface area contributed by atoms with Gasteiger partial charge in [0.1, 0.15) is 11.9 Å². The SMILES string of the molecule is COc1ccc(Cl)cc1NC(=O)C(=O)NCC(OC)c1ccsc1. The normalized spacial score (nSPS) is 11.6. The van der Waals surface area contributed by atoms with Crippen LogP contribution >= 0.6 is 22.9 Å². The molecule has 24 heavy (non-hydrogen) atoms. The third kappa shape index (κ3) is 4.70. The van der Waals surface area contributed by atoms with Crippen LogP contribution in [0.15, 0.2) is 35.0 Å². The first-order valence-electron chi connectivity index (χ1n) is 7.02. The number of hydrogen-bond acceptors (Lipinski definition) is 5. The highest BCUT2D eigenvalue weighted by molar-refractivity contribution is 7.07. The van der Waals surface area contributed by atoms with E-state index in [1.54, 1.807) is 19.2 Å². The van der Waals surface area contributed by atoms with Crippen molar-refractivity contribution >= 4 is 40.4 Å². The second-order valence-corrected chi connectivity index (χ2v) is 6.01. The predicted octanol–water partition coefficient (Wildman–Crippen LogP) is 2.85. The van der Waals surface area contributed by atoms with Crippen LogP contribution < -0.4 is 15.4 Å². The van der Waals surface area contributed by atoms with Gasteiger partial charge in [0.05, 0.1) is 12.8 Å². The second kappa shape index (κ2) is 8.68. The summed E-state index contributed by atoms with van der Waals surface area (Å²) in [5.74, 6) is -1.17. The van der Waals surface area contributed by atoms with Gasteiger partial charge in [-0.3, -0.25) is 9.59 Å². The quantitative estimate of drug-likeness (QED) is 0.769. The molecule has 6 nitrogen and oxygen atoms in total. The van der Waals surface area contributed by atoms with E-state index in [2.05, 4.69) is 10.6 Å². The van der Waals surface area contributed by atoms with E-state index in [-0.39, 0.29) is 12.6 Å². The lowest BCUT2D eigenvalue weighted by atomic mass is 10.2. The molecule has 2 N–H and O–H groups in total. The average molecular weight is 369 g/mol. The van der Waals surface area contributed by atoms with Crippen molar-refractivity contribution in [3.05, 3.63) is 45.6 Å². The first-order valence-corrected chi connectivity index (χ1v) is 8.34. The van der Waals surface area contributed by atoms with Crippen LogP contribution in [0.1, 0.15) is 11.7 Å². The topological polar surface area (TPSA) is 76.7 Å². The van der Waals surface area contributed by atoms with Gasteiger partial charge in [0.25, 0.3) is 0 Å². The van der Waals surface area contributed by atoms with E-state index < -0.39 is 11.8 Å². The van der Waals surface area contributed by atoms with Crippen LogP contribution in [0.4, 0.5) is 5.69 Å². The number of benzene rings is 1. The molecule has 0 radical (unpaired) electrons. The highest BCUT2D eigenvalue weighted by atomic mass is 35.5. The average Bonchev–Trinajstić information content (AvgIpc) is 3.10. The van der Waals surface area contributed by atoms with Gasteiger partial charge in [-0.25, -0.2) is 0 Å². The van der Waals surface area contributed by atoms with Gasteiger partial charge in [-0.2, -0.15) is 11.3 Å². The summed E-state index contributed by atoms with van der Waals surface area (Å²) in [4.78, 5) is 24.0. The Labute approximate surface area is 148 Å². The van der Waals surface area contributed by atoms with E-state index >= 15 is 0 Å². The third-order valence-electron chi connectivity index (χ3n) is 3.26. The van der Waals surface area contributed by atoms with Crippen LogP contribution in [-0.2, 0) is 14.3 Å². The van der Waals surface area contributed by atoms with Gasteiger partial charge >= 0.3 is 11.8 Å². The number of anilines is 1. The smallest absolute Gasteiger partial charge is 0.313 e. The Balaban J connectivity index is 1.95. The fraction of sp³-hybridized carbons (Fsp3) is 0.250. The van der Waals surface area contributed by atoms with Crippen molar-refractivity contribution in [2.24, 2.45) is 0 Å². The Morgan fingerprint density at radius 2 is 2.04 bits per heavy atom. The largest absolute Gasteiger partial charge is 0.495 e. The van der Waals surface area contributed by atoms with E-state index in [1.165, 1.54) is 24.5 Å². The molecule has 0 fully saturated rings. The summed E-state index contributed by atoms with van der Waals surface area (Å²) >= 11 is 7.43. The number of nitrogens with one attached hydrogen (secondary N) is 2. The minimum absolute atomic E-state index is 0.187. The maximum absolute atomic E-state index is 12.0. The number of ether oxygens (including phenoxy) is 2. The molecule has 2 amide bonds. The van der Waals surface area contributed by atoms with Gasteiger partial charge in [0.2, 0.25) is 0 Å². The van der Waals surface area contributed by atoms with Gasteiger partial charge < -0.3 is 20.1 Å². The van der Waals surface area contributed by atoms with Gasteiger partial charge in [-0.1, -0.05) is 11.6 Å². The van der Waals surface area contributed by atoms with Crippen molar-refractivity contribution in [2.45, 2.75) is 6.10 Å². The summed E-state index contributed by atoms with van der Waals surface area (Å²) in [6, 6.07) is 6.64. The molecule has 0 spiro atoms. The minimum atomic E-state index is -0.810. The third-order valence-corrected chi connectivity index (χ3v) is 4.20. The number of amides is 2. The number of hydrogen-bond donors (Lipinski definition) is 2. The molecule has 2 rings (SSSR count). The molecule has 0 aliphatic heterocycles. The van der Waals surface area contributed by atoms with E-state index in [9.17, 15) is 9.59 Å². The van der Waals surface area contributed by atoms with Gasteiger partial charge in [0, 0.05) is 18.7 Å². The van der Waals surface area contributed by atoms with Crippen molar-refractivity contribution in [3.63, 3.8) is 0 Å². The number of thiophene rings is 1. The van der Waals surface area contributed by atoms with E-state index in [0.717, 1.165) is 5.56 Å². The molecular formula is C16H17ClN2O4S. The Morgan fingerprint density at radius 3 is 2.67 bits per heavy atom. The number of carbonyl (C=O) groups excluding carboxylic acids is 2. The van der Waals surface area contributed by atoms with Crippen molar-refractivity contribution in [1.82, 2.24) is 5.32 Å². The Kier molecular flexibility index (Phi) is 6.60. The fourth-order valence-electron chi connectivity index (χ4n) is 2.02. The predicted molar refractivity (Wildman–Crippen MR) is 93.7 cm³/mol. The maximum Gasteiger partial charge on any atom is 0.313 e. The molecule has 0 aliphatic carbocycles. The van der Waals surface area contributed by atoms with Crippen LogP contribution in [-0.4, -0.2) is 32.6 Å². The van der Waals surface area contributed by atoms with Crippen LogP contribution in [0.3, 0.4) is 0 Å². The van der Waals surface area contributed by atoms with Crippen molar-refractivity contribution < 1.29 is 19.1 Å². The number of methoxy groups -OCH3 is 2. The standard InChI is InChI=1S/C16H17ClN2O4S/c1-22-13-4-3-11(17)7-12(13)19-16(21)15(20)18-8-14(23-2)10-5-6-24-9-10/h3-7,9,14H,8H2,1-2H3,(H,18,20)(H,19,21). The lowest BCUT2D eigenvalue weighted by Gasteiger charge is -2.15. The molecule has 1 aromatic heterocycles. The molecule has 1 heterocycles. The summed E-state index contributed by atoms with van der Waals surface area (Å²) in [5, 5.41) is 9.29. The van der Waals surface area contributed by atoms with Crippen LogP contribution in [0.2, 0.25) is 5.02 Å². The number of rotatable bonds is 6. The zero-order valence-electron chi connectivity index (χ0n) is 13.2. The molecule has 0 saturated carbocycles. The van der Waals surface area contributed by atoms with Crippen molar-refractivity contribution in [3.8, 4) is 5.75 Å². The molecule has 2 aromatic rings. The highest BCUT2D eigenvalue weighted by Gasteiger charge is 2.18. The summed E-state index contributed by atoms with van der Waals surface area (Å²) in [6.07, 6.45) is -0.311. The first kappa shape index (κ1) is 18.3. The summed E-state index contributed by atoms with van der Waals surface area (Å²) < 4.78 is 10.4. The summed E-state index contributed by atoms with van der Waals surface area (Å²) in [6.45, 7) is 0.187. The summed E-state index contributed by atoms with van der Waals surface area (Å²) in [5.41, 5.74) is 1.27. The van der Waals surface area contributed by atoms with Crippen molar-refractivity contribution in [2.75, 3.05) is 26.1 Å². The zero-order chi connectivity index (χ0) is 17.5. The zero-order valence-corrected chi connectivity index (χ0v) is 14.7. The molecule has 8 heteroatoms. The number of carbonyl (C=O) groups is 2. The van der Waals surface area contributed by atoms with Gasteiger partial charge in [-0.05, 0) is 40.6 Å². The molecule has 1 aromatic carbocycles.